The molecule has 0 radical (unpaired) electrons. The molecule has 128 valence electrons. The van der Waals surface area contributed by atoms with Crippen LogP contribution >= 0.6 is 11.3 Å². The summed E-state index contributed by atoms with van der Waals surface area (Å²) in [6.45, 7) is 7.83. The van der Waals surface area contributed by atoms with Gasteiger partial charge in [-0.05, 0) is 39.2 Å². The number of hydrogen-bond donors (Lipinski definition) is 1. The minimum absolute atomic E-state index is 0.115. The summed E-state index contributed by atoms with van der Waals surface area (Å²) in [6.07, 6.45) is 5.69. The van der Waals surface area contributed by atoms with E-state index in [1.807, 2.05) is 11.1 Å². The zero-order valence-corrected chi connectivity index (χ0v) is 14.9. The molecule has 1 aromatic heterocycles. The van der Waals surface area contributed by atoms with Crippen LogP contribution in [0.3, 0.4) is 0 Å². The maximum Gasteiger partial charge on any atom is 0.219 e. The lowest BCUT2D eigenvalue weighted by Gasteiger charge is -2.42. The molecule has 3 heterocycles. The molecule has 0 aromatic carbocycles. The van der Waals surface area contributed by atoms with E-state index in [4.69, 9.17) is 0 Å². The fraction of sp³-hybridized carbons (Fsp3) is 0.765. The molecular formula is C17H27N3O2S. The molecule has 6 heteroatoms. The Bertz CT molecular complexity index is 552. The first kappa shape index (κ1) is 16.9. The van der Waals surface area contributed by atoms with Crippen molar-refractivity contribution in [2.24, 2.45) is 0 Å². The minimum atomic E-state index is -0.646. The predicted octanol–water partition coefficient (Wildman–Crippen LogP) is 2.00. The summed E-state index contributed by atoms with van der Waals surface area (Å²) in [5, 5.41) is 12.1. The first-order chi connectivity index (χ1) is 11.0. The summed E-state index contributed by atoms with van der Waals surface area (Å²) in [4.78, 5) is 21.5. The average Bonchev–Trinajstić information content (AvgIpc) is 2.94. The summed E-state index contributed by atoms with van der Waals surface area (Å²) in [5.74, 6) is 0.618. The molecule has 1 amide bonds. The van der Waals surface area contributed by atoms with E-state index < -0.39 is 5.60 Å². The minimum Gasteiger partial charge on any atom is -0.388 e. The van der Waals surface area contributed by atoms with E-state index in [1.165, 1.54) is 22.7 Å². The molecule has 3 rings (SSSR count). The number of aryl methyl sites for hydroxylation is 1. The lowest BCUT2D eigenvalue weighted by atomic mass is 9.89. The molecule has 2 saturated heterocycles. The number of likely N-dealkylation sites (tertiary alicyclic amines) is 2. The Morgan fingerprint density at radius 2 is 2.17 bits per heavy atom. The van der Waals surface area contributed by atoms with E-state index in [0.29, 0.717) is 31.8 Å². The fourth-order valence-corrected chi connectivity index (χ4v) is 4.67. The molecule has 1 aromatic rings. The number of nitrogens with zero attached hydrogens (tertiary/aromatic N) is 3. The quantitative estimate of drug-likeness (QED) is 0.917. The van der Waals surface area contributed by atoms with Crippen molar-refractivity contribution in [2.45, 2.75) is 51.0 Å². The van der Waals surface area contributed by atoms with Crippen LogP contribution in [0.15, 0.2) is 6.20 Å². The van der Waals surface area contributed by atoms with Gasteiger partial charge in [0.05, 0.1) is 10.6 Å². The van der Waals surface area contributed by atoms with Crippen molar-refractivity contribution in [1.82, 2.24) is 14.8 Å². The monoisotopic (exact) mass is 337 g/mol. The van der Waals surface area contributed by atoms with Gasteiger partial charge in [-0.2, -0.15) is 0 Å². The lowest BCUT2D eigenvalue weighted by Crippen LogP contribution is -2.53. The van der Waals surface area contributed by atoms with Gasteiger partial charge >= 0.3 is 0 Å². The van der Waals surface area contributed by atoms with Crippen LogP contribution in [-0.4, -0.2) is 64.1 Å². The molecule has 2 aliphatic rings. The topological polar surface area (TPSA) is 56.7 Å². The maximum atomic E-state index is 11.4. The highest BCUT2D eigenvalue weighted by molar-refractivity contribution is 7.11. The number of rotatable bonds is 3. The normalized spacial score (nSPS) is 25.5. The number of carbonyl (C=O) groups is 1. The second-order valence-corrected chi connectivity index (χ2v) is 8.38. The highest BCUT2D eigenvalue weighted by Gasteiger charge is 2.36. The van der Waals surface area contributed by atoms with Crippen LogP contribution in [0.5, 0.6) is 0 Å². The standard InChI is InChI=1S/C17H27N3O2S/c1-13-10-18-16(23-13)15-4-3-7-19(11-15)12-17(22)5-8-20(9-6-17)14(2)21/h10,15,22H,3-9,11-12H2,1-2H3/t15-/m0/s1. The Kier molecular flexibility index (Phi) is 5.04. The summed E-state index contributed by atoms with van der Waals surface area (Å²) in [7, 11) is 0. The van der Waals surface area contributed by atoms with Gasteiger partial charge in [0.1, 0.15) is 0 Å². The van der Waals surface area contributed by atoms with E-state index in [0.717, 1.165) is 19.6 Å². The number of aliphatic hydroxyl groups is 1. The molecule has 0 aliphatic carbocycles. The van der Waals surface area contributed by atoms with Crippen molar-refractivity contribution in [3.8, 4) is 0 Å². The highest BCUT2D eigenvalue weighted by atomic mass is 32.1. The molecule has 2 fully saturated rings. The average molecular weight is 337 g/mol. The van der Waals surface area contributed by atoms with Crippen molar-refractivity contribution in [2.75, 3.05) is 32.7 Å². The van der Waals surface area contributed by atoms with Crippen LogP contribution in [0.4, 0.5) is 0 Å². The van der Waals surface area contributed by atoms with Crippen molar-refractivity contribution < 1.29 is 9.90 Å². The van der Waals surface area contributed by atoms with Crippen LogP contribution in [0.25, 0.3) is 0 Å². The first-order valence-corrected chi connectivity index (χ1v) is 9.39. The van der Waals surface area contributed by atoms with Crippen LogP contribution in [0, 0.1) is 6.92 Å². The van der Waals surface area contributed by atoms with E-state index in [2.05, 4.69) is 16.8 Å². The Morgan fingerprint density at radius 1 is 1.43 bits per heavy atom. The first-order valence-electron chi connectivity index (χ1n) is 8.58. The van der Waals surface area contributed by atoms with E-state index in [9.17, 15) is 9.90 Å². The zero-order valence-electron chi connectivity index (χ0n) is 14.1. The van der Waals surface area contributed by atoms with Crippen molar-refractivity contribution in [3.05, 3.63) is 16.1 Å². The SMILES string of the molecule is CC(=O)N1CCC(O)(CN2CCC[C@H](c3ncc(C)s3)C2)CC1. The molecule has 0 spiro atoms. The molecule has 23 heavy (non-hydrogen) atoms. The number of carbonyl (C=O) groups excluding carboxylic acids is 1. The Hall–Kier alpha value is -0.980. The number of piperidine rings is 2. The van der Waals surface area contributed by atoms with Crippen LogP contribution < -0.4 is 0 Å². The van der Waals surface area contributed by atoms with Gasteiger partial charge in [-0.15, -0.1) is 11.3 Å². The molecule has 1 atom stereocenters. The van der Waals surface area contributed by atoms with Gasteiger partial charge in [0.25, 0.3) is 0 Å². The second-order valence-electron chi connectivity index (χ2n) is 7.11. The van der Waals surface area contributed by atoms with Crippen LogP contribution in [-0.2, 0) is 4.79 Å². The van der Waals surface area contributed by atoms with E-state index in [1.54, 1.807) is 18.3 Å². The van der Waals surface area contributed by atoms with E-state index >= 15 is 0 Å². The molecule has 0 unspecified atom stereocenters. The second kappa shape index (κ2) is 6.87. The zero-order chi connectivity index (χ0) is 16.4. The summed E-state index contributed by atoms with van der Waals surface area (Å²) >= 11 is 1.80. The van der Waals surface area contributed by atoms with Gasteiger partial charge in [0.15, 0.2) is 0 Å². The van der Waals surface area contributed by atoms with Crippen LogP contribution in [0.1, 0.15) is 48.4 Å². The van der Waals surface area contributed by atoms with Gasteiger partial charge in [-0.3, -0.25) is 9.69 Å². The highest BCUT2D eigenvalue weighted by Crippen LogP contribution is 2.32. The molecule has 2 aliphatic heterocycles. The lowest BCUT2D eigenvalue weighted by molar-refractivity contribution is -0.133. The smallest absolute Gasteiger partial charge is 0.219 e. The number of β-amino-alcohol motifs (C(OH)–C–C–N with tert-alkyl or cyclic N) is 1. The number of aromatic nitrogens is 1. The number of amides is 1. The van der Waals surface area contributed by atoms with Gasteiger partial charge < -0.3 is 10.0 Å². The van der Waals surface area contributed by atoms with E-state index in [-0.39, 0.29) is 5.91 Å². The van der Waals surface area contributed by atoms with Crippen molar-refractivity contribution in [1.29, 1.82) is 0 Å². The molecule has 0 bridgehead atoms. The summed E-state index contributed by atoms with van der Waals surface area (Å²) in [5.41, 5.74) is -0.646. The Balaban J connectivity index is 1.56. The van der Waals surface area contributed by atoms with Crippen molar-refractivity contribution >= 4 is 17.2 Å². The largest absolute Gasteiger partial charge is 0.388 e. The molecular weight excluding hydrogens is 310 g/mol. The van der Waals surface area contributed by atoms with Gasteiger partial charge in [-0.1, -0.05) is 0 Å². The number of hydrogen-bond acceptors (Lipinski definition) is 5. The fourth-order valence-electron chi connectivity index (χ4n) is 3.77. The molecule has 0 saturated carbocycles. The Labute approximate surface area is 142 Å². The number of thiazole rings is 1. The predicted molar refractivity (Wildman–Crippen MR) is 91.7 cm³/mol. The third-order valence-corrected chi connectivity index (χ3v) is 6.23. The van der Waals surface area contributed by atoms with Gasteiger partial charge in [0, 0.05) is 50.1 Å². The third kappa shape index (κ3) is 4.11. The summed E-state index contributed by atoms with van der Waals surface area (Å²) < 4.78 is 0. The maximum absolute atomic E-state index is 11.4. The van der Waals surface area contributed by atoms with Crippen molar-refractivity contribution in [3.63, 3.8) is 0 Å². The van der Waals surface area contributed by atoms with Gasteiger partial charge in [-0.25, -0.2) is 4.98 Å². The molecule has 5 nitrogen and oxygen atoms in total. The van der Waals surface area contributed by atoms with Crippen LogP contribution in [0.2, 0.25) is 0 Å². The summed E-state index contributed by atoms with van der Waals surface area (Å²) in [6, 6.07) is 0. The molecule has 1 N–H and O–H groups in total. The Morgan fingerprint density at radius 3 is 2.78 bits per heavy atom. The third-order valence-electron chi connectivity index (χ3n) is 5.15. The van der Waals surface area contributed by atoms with Gasteiger partial charge in [0.2, 0.25) is 5.91 Å².